The van der Waals surface area contributed by atoms with Gasteiger partial charge in [0.15, 0.2) is 0 Å². The van der Waals surface area contributed by atoms with Crippen LogP contribution in [0.4, 0.5) is 0 Å². The summed E-state index contributed by atoms with van der Waals surface area (Å²) in [7, 11) is 0. The molecule has 1 aromatic rings. The molecule has 2 N–H and O–H groups in total. The van der Waals surface area contributed by atoms with Crippen molar-refractivity contribution in [1.29, 1.82) is 0 Å². The minimum atomic E-state index is -3.58. The van der Waals surface area contributed by atoms with E-state index in [0.717, 1.165) is 12.8 Å². The molecule has 0 aliphatic carbocycles. The third kappa shape index (κ3) is 4.20. The number of benzene rings is 1. The molecule has 0 saturated heterocycles. The fourth-order valence-corrected chi connectivity index (χ4v) is 1.80. The molecule has 0 saturated carbocycles. The molecule has 0 unspecified atom stereocenters. The quantitative estimate of drug-likeness (QED) is 0.781. The van der Waals surface area contributed by atoms with Gasteiger partial charge in [0.1, 0.15) is 5.75 Å². The van der Waals surface area contributed by atoms with Crippen LogP contribution in [0.2, 0.25) is 0 Å². The summed E-state index contributed by atoms with van der Waals surface area (Å²) in [6, 6.07) is 7.17. The van der Waals surface area contributed by atoms with Crippen LogP contribution in [0, 0.1) is 0 Å². The van der Waals surface area contributed by atoms with E-state index in [-0.39, 0.29) is 0 Å². The van der Waals surface area contributed by atoms with E-state index in [1.165, 1.54) is 5.56 Å². The van der Waals surface area contributed by atoms with Gasteiger partial charge in [-0.3, -0.25) is 0 Å². The van der Waals surface area contributed by atoms with Crippen molar-refractivity contribution < 1.29 is 14.3 Å². The van der Waals surface area contributed by atoms with Crippen LogP contribution >= 0.6 is 6.72 Å². The summed E-state index contributed by atoms with van der Waals surface area (Å²) in [4.78, 5) is 17.8. The molecular formula is C9H13O3PS. The lowest BCUT2D eigenvalue weighted by molar-refractivity contribution is 0.370. The van der Waals surface area contributed by atoms with Crippen LogP contribution in [0.25, 0.3) is 0 Å². The van der Waals surface area contributed by atoms with E-state index in [0.29, 0.717) is 5.75 Å². The Kier molecular flexibility index (Phi) is 4.08. The summed E-state index contributed by atoms with van der Waals surface area (Å²) in [6.45, 7) is -1.48. The Bertz CT molecular complexity index is 330. The van der Waals surface area contributed by atoms with Crippen molar-refractivity contribution in [3.8, 4) is 5.75 Å². The van der Waals surface area contributed by atoms with Gasteiger partial charge in [-0.2, -0.15) is 0 Å². The van der Waals surface area contributed by atoms with Gasteiger partial charge in [-0.1, -0.05) is 25.5 Å². The molecule has 0 fully saturated rings. The third-order valence-electron chi connectivity index (χ3n) is 1.69. The number of hydrogen-bond acceptors (Lipinski definition) is 2. The lowest BCUT2D eigenvalue weighted by Crippen LogP contribution is -1.90. The van der Waals surface area contributed by atoms with Crippen molar-refractivity contribution in [3.05, 3.63) is 29.8 Å². The summed E-state index contributed by atoms with van der Waals surface area (Å²) < 4.78 is 4.77. The molecule has 0 bridgehead atoms. The molecule has 3 nitrogen and oxygen atoms in total. The van der Waals surface area contributed by atoms with Crippen molar-refractivity contribution >= 4 is 18.5 Å². The zero-order valence-corrected chi connectivity index (χ0v) is 9.59. The molecule has 0 radical (unpaired) electrons. The molecule has 0 heterocycles. The predicted molar refractivity (Wildman–Crippen MR) is 59.8 cm³/mol. The van der Waals surface area contributed by atoms with Gasteiger partial charge in [-0.05, 0) is 24.1 Å². The molecule has 0 spiro atoms. The summed E-state index contributed by atoms with van der Waals surface area (Å²) in [5.74, 6) is 0.401. The Morgan fingerprint density at radius 2 is 1.86 bits per heavy atom. The van der Waals surface area contributed by atoms with Gasteiger partial charge in [0.05, 0.1) is 0 Å². The van der Waals surface area contributed by atoms with E-state index < -0.39 is 6.72 Å². The SMILES string of the molecule is CCCc1ccc(OP(O)(O)=S)cc1. The first-order valence-electron chi connectivity index (χ1n) is 4.35. The Balaban J connectivity index is 2.69. The van der Waals surface area contributed by atoms with Gasteiger partial charge in [0.2, 0.25) is 0 Å². The second-order valence-electron chi connectivity index (χ2n) is 2.98. The van der Waals surface area contributed by atoms with E-state index >= 15 is 0 Å². The highest BCUT2D eigenvalue weighted by Crippen LogP contribution is 2.37. The number of rotatable bonds is 4. The zero-order chi connectivity index (χ0) is 10.6. The highest BCUT2D eigenvalue weighted by atomic mass is 32.5. The Labute approximate surface area is 88.6 Å². The first-order chi connectivity index (χ1) is 6.51. The van der Waals surface area contributed by atoms with Crippen LogP contribution in [0.3, 0.4) is 0 Å². The standard InChI is InChI=1S/C9H13O3PS/c1-2-3-8-4-6-9(7-5-8)12-13(10,11)14/h4-7H,2-3H2,1H3,(H2,10,11,14). The monoisotopic (exact) mass is 232 g/mol. The molecule has 1 aromatic carbocycles. The maximum Gasteiger partial charge on any atom is 0.375 e. The van der Waals surface area contributed by atoms with E-state index in [1.807, 2.05) is 12.1 Å². The summed E-state index contributed by atoms with van der Waals surface area (Å²) in [5, 5.41) is 0. The van der Waals surface area contributed by atoms with Crippen molar-refractivity contribution in [2.24, 2.45) is 0 Å². The Morgan fingerprint density at radius 3 is 2.29 bits per heavy atom. The highest BCUT2D eigenvalue weighted by Gasteiger charge is 2.09. The van der Waals surface area contributed by atoms with Gasteiger partial charge < -0.3 is 14.3 Å². The first kappa shape index (κ1) is 11.7. The van der Waals surface area contributed by atoms with Gasteiger partial charge in [-0.15, -0.1) is 0 Å². The molecule has 0 amide bonds. The highest BCUT2D eigenvalue weighted by molar-refractivity contribution is 8.06. The minimum Gasteiger partial charge on any atom is -0.424 e. The molecule has 1 rings (SSSR count). The molecule has 5 heteroatoms. The summed E-state index contributed by atoms with van der Waals surface area (Å²) in [5.41, 5.74) is 1.20. The Hall–Kier alpha value is -0.410. The fraction of sp³-hybridized carbons (Fsp3) is 0.333. The normalized spacial score (nSPS) is 11.4. The lowest BCUT2D eigenvalue weighted by atomic mass is 10.1. The number of aryl methyl sites for hydroxylation is 1. The van der Waals surface area contributed by atoms with Gasteiger partial charge in [-0.25, -0.2) is 0 Å². The molecular weight excluding hydrogens is 219 g/mol. The van der Waals surface area contributed by atoms with Gasteiger partial charge in [0, 0.05) is 11.8 Å². The van der Waals surface area contributed by atoms with Crippen molar-refractivity contribution in [3.63, 3.8) is 0 Å². The van der Waals surface area contributed by atoms with Crippen LogP contribution in [0.1, 0.15) is 18.9 Å². The summed E-state index contributed by atoms with van der Waals surface area (Å²) in [6.07, 6.45) is 2.09. The summed E-state index contributed by atoms with van der Waals surface area (Å²) >= 11 is 4.35. The molecule has 78 valence electrons. The van der Waals surface area contributed by atoms with Crippen molar-refractivity contribution in [2.75, 3.05) is 0 Å². The second kappa shape index (κ2) is 4.89. The van der Waals surface area contributed by atoms with Crippen LogP contribution in [0.5, 0.6) is 5.75 Å². The predicted octanol–water partition coefficient (Wildman–Crippen LogP) is 2.23. The molecule has 14 heavy (non-hydrogen) atoms. The van der Waals surface area contributed by atoms with Crippen LogP contribution < -0.4 is 4.52 Å². The van der Waals surface area contributed by atoms with Crippen molar-refractivity contribution in [1.82, 2.24) is 0 Å². The van der Waals surface area contributed by atoms with E-state index in [9.17, 15) is 0 Å². The maximum absolute atomic E-state index is 8.90. The average Bonchev–Trinajstić information content (AvgIpc) is 2.06. The van der Waals surface area contributed by atoms with E-state index in [1.54, 1.807) is 12.1 Å². The number of hydrogen-bond donors (Lipinski definition) is 2. The molecule has 0 aliphatic rings. The molecule has 0 aromatic heterocycles. The van der Waals surface area contributed by atoms with E-state index in [4.69, 9.17) is 14.3 Å². The maximum atomic E-state index is 8.90. The zero-order valence-electron chi connectivity index (χ0n) is 7.88. The van der Waals surface area contributed by atoms with Crippen LogP contribution in [0.15, 0.2) is 24.3 Å². The van der Waals surface area contributed by atoms with Crippen LogP contribution in [-0.4, -0.2) is 9.79 Å². The minimum absolute atomic E-state index is 0.401. The molecule has 0 atom stereocenters. The average molecular weight is 232 g/mol. The topological polar surface area (TPSA) is 49.7 Å². The van der Waals surface area contributed by atoms with Crippen LogP contribution in [-0.2, 0) is 18.2 Å². The second-order valence-corrected chi connectivity index (χ2v) is 5.57. The lowest BCUT2D eigenvalue weighted by Gasteiger charge is -2.09. The Morgan fingerprint density at radius 1 is 1.29 bits per heavy atom. The fourth-order valence-electron chi connectivity index (χ4n) is 1.14. The van der Waals surface area contributed by atoms with Crippen molar-refractivity contribution in [2.45, 2.75) is 19.8 Å². The molecule has 0 aliphatic heterocycles. The van der Waals surface area contributed by atoms with Gasteiger partial charge >= 0.3 is 6.72 Å². The first-order valence-corrected chi connectivity index (χ1v) is 6.98. The smallest absolute Gasteiger partial charge is 0.375 e. The van der Waals surface area contributed by atoms with Gasteiger partial charge in [0.25, 0.3) is 0 Å². The van der Waals surface area contributed by atoms with E-state index in [2.05, 4.69) is 18.7 Å². The largest absolute Gasteiger partial charge is 0.424 e. The third-order valence-corrected chi connectivity index (χ3v) is 2.36.